The van der Waals surface area contributed by atoms with Crippen LogP contribution in [-0.2, 0) is 4.74 Å². The first-order valence-electron chi connectivity index (χ1n) is 4.45. The van der Waals surface area contributed by atoms with Crippen molar-refractivity contribution in [3.8, 4) is 0 Å². The lowest BCUT2D eigenvalue weighted by atomic mass is 9.98. The Balaban J connectivity index is 3.39. The van der Waals surface area contributed by atoms with Crippen LogP contribution in [-0.4, -0.2) is 30.8 Å². The van der Waals surface area contributed by atoms with E-state index in [9.17, 15) is 5.11 Å². The highest BCUT2D eigenvalue weighted by Crippen LogP contribution is 2.13. The molecule has 0 heterocycles. The van der Waals surface area contributed by atoms with Crippen molar-refractivity contribution in [1.29, 1.82) is 0 Å². The molecule has 0 aliphatic carbocycles. The molecule has 0 radical (unpaired) electrons. The number of hydrogen-bond acceptors (Lipinski definition) is 2. The highest BCUT2D eigenvalue weighted by Gasteiger charge is 2.12. The molecule has 74 valence electrons. The van der Waals surface area contributed by atoms with E-state index >= 15 is 0 Å². The summed E-state index contributed by atoms with van der Waals surface area (Å²) in [5.74, 6) is 0.946. The van der Waals surface area contributed by atoms with E-state index in [0.29, 0.717) is 11.8 Å². The Morgan fingerprint density at radius 3 is 2.58 bits per heavy atom. The zero-order valence-electron chi connectivity index (χ0n) is 7.92. The molecule has 0 saturated carbocycles. The fourth-order valence-corrected chi connectivity index (χ4v) is 1.22. The molecule has 0 rings (SSSR count). The van der Waals surface area contributed by atoms with E-state index in [1.807, 2.05) is 6.92 Å². The normalized spacial score (nSPS) is 16.0. The second kappa shape index (κ2) is 7.84. The minimum atomic E-state index is -0.223. The van der Waals surface area contributed by atoms with Crippen molar-refractivity contribution in [2.75, 3.05) is 19.6 Å². The first-order valence-corrected chi connectivity index (χ1v) is 4.98. The smallest absolute Gasteiger partial charge is 0.0567 e. The van der Waals surface area contributed by atoms with Crippen molar-refractivity contribution in [2.24, 2.45) is 5.92 Å². The molecule has 0 aromatic rings. The van der Waals surface area contributed by atoms with Gasteiger partial charge in [0.2, 0.25) is 0 Å². The lowest BCUT2D eigenvalue weighted by Crippen LogP contribution is -2.19. The fraction of sp³-hybridized carbons (Fsp3) is 1.00. The first-order chi connectivity index (χ1) is 5.72. The number of ether oxygens (including phenoxy) is 1. The fourth-order valence-electron chi connectivity index (χ4n) is 1.07. The average molecular weight is 195 g/mol. The highest BCUT2D eigenvalue weighted by atomic mass is 35.5. The van der Waals surface area contributed by atoms with Crippen LogP contribution in [0.4, 0.5) is 0 Å². The van der Waals surface area contributed by atoms with Gasteiger partial charge in [-0.1, -0.05) is 6.92 Å². The Bertz CT molecular complexity index is 86.5. The van der Waals surface area contributed by atoms with Gasteiger partial charge in [0, 0.05) is 19.6 Å². The number of hydrogen-bond donors (Lipinski definition) is 1. The lowest BCUT2D eigenvalue weighted by Gasteiger charge is -2.17. The third-order valence-corrected chi connectivity index (χ3v) is 2.33. The quantitative estimate of drug-likeness (QED) is 0.629. The van der Waals surface area contributed by atoms with Crippen LogP contribution in [0.5, 0.6) is 0 Å². The van der Waals surface area contributed by atoms with Crippen LogP contribution < -0.4 is 0 Å². The molecule has 0 bridgehead atoms. The molecule has 2 unspecified atom stereocenters. The molecule has 3 heteroatoms. The molecule has 0 aliphatic heterocycles. The molecule has 0 saturated heterocycles. The van der Waals surface area contributed by atoms with Gasteiger partial charge >= 0.3 is 0 Å². The van der Waals surface area contributed by atoms with Crippen LogP contribution in [0.15, 0.2) is 0 Å². The van der Waals surface area contributed by atoms with Gasteiger partial charge in [0.15, 0.2) is 0 Å². The van der Waals surface area contributed by atoms with E-state index in [0.717, 1.165) is 25.9 Å². The van der Waals surface area contributed by atoms with Crippen molar-refractivity contribution >= 4 is 11.6 Å². The molecule has 2 atom stereocenters. The van der Waals surface area contributed by atoms with Crippen LogP contribution in [0, 0.1) is 5.92 Å². The highest BCUT2D eigenvalue weighted by molar-refractivity contribution is 6.17. The van der Waals surface area contributed by atoms with Gasteiger partial charge in [0.25, 0.3) is 0 Å². The average Bonchev–Trinajstić information content (AvgIpc) is 2.10. The Morgan fingerprint density at radius 1 is 1.42 bits per heavy atom. The molecule has 2 nitrogen and oxygen atoms in total. The second-order valence-corrected chi connectivity index (χ2v) is 3.54. The van der Waals surface area contributed by atoms with Crippen molar-refractivity contribution in [2.45, 2.75) is 32.3 Å². The van der Waals surface area contributed by atoms with E-state index in [-0.39, 0.29) is 6.10 Å². The molecule has 1 N–H and O–H groups in total. The van der Waals surface area contributed by atoms with Crippen LogP contribution in [0.25, 0.3) is 0 Å². The number of halogens is 1. The Kier molecular flexibility index (Phi) is 7.98. The topological polar surface area (TPSA) is 29.5 Å². The number of methoxy groups -OCH3 is 1. The molecule has 0 fully saturated rings. The molecule has 0 aliphatic rings. The van der Waals surface area contributed by atoms with Crippen molar-refractivity contribution in [1.82, 2.24) is 0 Å². The van der Waals surface area contributed by atoms with E-state index < -0.39 is 0 Å². The summed E-state index contributed by atoms with van der Waals surface area (Å²) in [5, 5.41) is 9.56. The van der Waals surface area contributed by atoms with Crippen molar-refractivity contribution in [3.63, 3.8) is 0 Å². The molecule has 0 spiro atoms. The minimum absolute atomic E-state index is 0.223. The SMILES string of the molecule is COCCC(C)C(O)CCCCl. The summed E-state index contributed by atoms with van der Waals surface area (Å²) in [6, 6.07) is 0. The summed E-state index contributed by atoms with van der Waals surface area (Å²) < 4.78 is 4.93. The Morgan fingerprint density at radius 2 is 2.08 bits per heavy atom. The first kappa shape index (κ1) is 12.2. The zero-order valence-corrected chi connectivity index (χ0v) is 8.68. The van der Waals surface area contributed by atoms with Gasteiger partial charge in [-0.05, 0) is 25.2 Å². The van der Waals surface area contributed by atoms with E-state index in [2.05, 4.69) is 0 Å². The van der Waals surface area contributed by atoms with Gasteiger partial charge in [-0.2, -0.15) is 0 Å². The molecule has 0 amide bonds. The Labute approximate surface area is 79.9 Å². The van der Waals surface area contributed by atoms with Gasteiger partial charge in [-0.15, -0.1) is 11.6 Å². The third-order valence-electron chi connectivity index (χ3n) is 2.07. The molecule has 0 aromatic carbocycles. The monoisotopic (exact) mass is 194 g/mol. The van der Waals surface area contributed by atoms with E-state index in [4.69, 9.17) is 16.3 Å². The lowest BCUT2D eigenvalue weighted by molar-refractivity contribution is 0.0816. The van der Waals surface area contributed by atoms with Crippen molar-refractivity contribution < 1.29 is 9.84 Å². The molecule has 0 aromatic heterocycles. The number of rotatable bonds is 7. The molecular weight excluding hydrogens is 176 g/mol. The predicted octanol–water partition coefficient (Wildman–Crippen LogP) is 2.04. The third kappa shape index (κ3) is 5.81. The van der Waals surface area contributed by atoms with Gasteiger partial charge < -0.3 is 9.84 Å². The largest absolute Gasteiger partial charge is 0.393 e. The number of alkyl halides is 1. The maximum atomic E-state index is 9.56. The van der Waals surface area contributed by atoms with Crippen LogP contribution >= 0.6 is 11.6 Å². The maximum absolute atomic E-state index is 9.56. The van der Waals surface area contributed by atoms with Crippen molar-refractivity contribution in [3.05, 3.63) is 0 Å². The second-order valence-electron chi connectivity index (χ2n) is 3.16. The number of aliphatic hydroxyl groups excluding tert-OH is 1. The maximum Gasteiger partial charge on any atom is 0.0567 e. The summed E-state index contributed by atoms with van der Waals surface area (Å²) in [4.78, 5) is 0. The zero-order chi connectivity index (χ0) is 9.40. The minimum Gasteiger partial charge on any atom is -0.393 e. The summed E-state index contributed by atoms with van der Waals surface area (Å²) in [5.41, 5.74) is 0. The predicted molar refractivity (Wildman–Crippen MR) is 51.6 cm³/mol. The van der Waals surface area contributed by atoms with E-state index in [1.54, 1.807) is 7.11 Å². The van der Waals surface area contributed by atoms with Gasteiger partial charge in [0.05, 0.1) is 6.10 Å². The van der Waals surface area contributed by atoms with Crippen LogP contribution in [0.1, 0.15) is 26.2 Å². The van der Waals surface area contributed by atoms with Gasteiger partial charge in [0.1, 0.15) is 0 Å². The van der Waals surface area contributed by atoms with E-state index in [1.165, 1.54) is 0 Å². The summed E-state index contributed by atoms with van der Waals surface area (Å²) in [6.45, 7) is 2.76. The standard InChI is InChI=1S/C9H19ClO2/c1-8(5-7-12-2)9(11)4-3-6-10/h8-9,11H,3-7H2,1-2H3. The molecular formula is C9H19ClO2. The summed E-state index contributed by atoms with van der Waals surface area (Å²) >= 11 is 5.52. The summed E-state index contributed by atoms with van der Waals surface area (Å²) in [6.07, 6.45) is 2.38. The molecule has 12 heavy (non-hydrogen) atoms. The van der Waals surface area contributed by atoms with Crippen LogP contribution in [0.3, 0.4) is 0 Å². The van der Waals surface area contributed by atoms with Crippen LogP contribution in [0.2, 0.25) is 0 Å². The van der Waals surface area contributed by atoms with Gasteiger partial charge in [-0.3, -0.25) is 0 Å². The Hall–Kier alpha value is 0.210. The number of aliphatic hydroxyl groups is 1. The van der Waals surface area contributed by atoms with Gasteiger partial charge in [-0.25, -0.2) is 0 Å². The summed E-state index contributed by atoms with van der Waals surface area (Å²) in [7, 11) is 1.68.